The second-order valence-corrected chi connectivity index (χ2v) is 8.00. The topological polar surface area (TPSA) is 75.7 Å². The smallest absolute Gasteiger partial charge is 0.258 e. The highest BCUT2D eigenvalue weighted by Gasteiger charge is 2.27. The Bertz CT molecular complexity index is 637. The predicted octanol–water partition coefficient (Wildman–Crippen LogP) is 1.30. The van der Waals surface area contributed by atoms with Crippen molar-refractivity contribution in [2.75, 3.05) is 25.4 Å². The van der Waals surface area contributed by atoms with Crippen molar-refractivity contribution < 1.29 is 17.9 Å². The van der Waals surface area contributed by atoms with Crippen LogP contribution in [0.5, 0.6) is 5.75 Å². The third-order valence-corrected chi connectivity index (χ3v) is 5.82. The minimum Gasteiger partial charge on any atom is -0.484 e. The van der Waals surface area contributed by atoms with Crippen molar-refractivity contribution in [2.45, 2.75) is 32.7 Å². The van der Waals surface area contributed by atoms with Gasteiger partial charge >= 0.3 is 0 Å². The van der Waals surface area contributed by atoms with E-state index in [4.69, 9.17) is 4.74 Å². The van der Waals surface area contributed by atoms with Gasteiger partial charge < -0.3 is 10.1 Å². The lowest BCUT2D eigenvalue weighted by molar-refractivity contribution is -0.124. The molecule has 1 heterocycles. The van der Waals surface area contributed by atoms with E-state index in [1.165, 1.54) is 4.31 Å². The summed E-state index contributed by atoms with van der Waals surface area (Å²) in [5.74, 6) is 0.612. The van der Waals surface area contributed by atoms with E-state index >= 15 is 0 Å². The molecule has 0 unspecified atom stereocenters. The van der Waals surface area contributed by atoms with Crippen molar-refractivity contribution in [1.29, 1.82) is 0 Å². The lowest BCUT2D eigenvalue weighted by atomic mass is 10.1. The van der Waals surface area contributed by atoms with Gasteiger partial charge in [0.15, 0.2) is 6.61 Å². The van der Waals surface area contributed by atoms with E-state index in [1.54, 1.807) is 6.92 Å². The number of piperidine rings is 1. The molecular formula is C16H24N2O4S. The SMILES string of the molecule is CCS(=O)(=O)N1CCC(NC(=O)COc2cccc(C)c2)CC1. The highest BCUT2D eigenvalue weighted by atomic mass is 32.2. The number of carbonyl (C=O) groups is 1. The van der Waals surface area contributed by atoms with E-state index in [0.717, 1.165) is 5.56 Å². The molecule has 7 heteroatoms. The van der Waals surface area contributed by atoms with E-state index < -0.39 is 10.0 Å². The van der Waals surface area contributed by atoms with Gasteiger partial charge in [0.1, 0.15) is 5.75 Å². The molecule has 0 spiro atoms. The van der Waals surface area contributed by atoms with Crippen molar-refractivity contribution >= 4 is 15.9 Å². The van der Waals surface area contributed by atoms with Crippen LogP contribution in [0.1, 0.15) is 25.3 Å². The Balaban J connectivity index is 1.75. The third-order valence-electron chi connectivity index (χ3n) is 3.94. The van der Waals surface area contributed by atoms with Crippen molar-refractivity contribution in [1.82, 2.24) is 9.62 Å². The fraction of sp³-hybridized carbons (Fsp3) is 0.562. The number of amides is 1. The Morgan fingerprint density at radius 2 is 2.04 bits per heavy atom. The maximum absolute atomic E-state index is 11.9. The lowest BCUT2D eigenvalue weighted by Gasteiger charge is -2.31. The number of carbonyl (C=O) groups excluding carboxylic acids is 1. The van der Waals surface area contributed by atoms with Crippen LogP contribution in [0.2, 0.25) is 0 Å². The molecule has 0 atom stereocenters. The first-order valence-electron chi connectivity index (χ1n) is 7.87. The highest BCUT2D eigenvalue weighted by Crippen LogP contribution is 2.15. The summed E-state index contributed by atoms with van der Waals surface area (Å²) in [5, 5.41) is 2.91. The maximum atomic E-state index is 11.9. The van der Waals surface area contributed by atoms with Crippen LogP contribution in [0.3, 0.4) is 0 Å². The number of nitrogens with one attached hydrogen (secondary N) is 1. The molecule has 2 rings (SSSR count). The van der Waals surface area contributed by atoms with Crippen molar-refractivity contribution in [3.8, 4) is 5.75 Å². The number of ether oxygens (including phenoxy) is 1. The minimum absolute atomic E-state index is 0.00640. The molecule has 0 radical (unpaired) electrons. The first-order chi connectivity index (χ1) is 10.9. The van der Waals surface area contributed by atoms with Gasteiger partial charge in [0, 0.05) is 19.1 Å². The molecular weight excluding hydrogens is 316 g/mol. The number of aryl methyl sites for hydroxylation is 1. The van der Waals surface area contributed by atoms with E-state index in [1.807, 2.05) is 31.2 Å². The largest absolute Gasteiger partial charge is 0.484 e. The molecule has 1 amide bonds. The number of rotatable bonds is 6. The molecule has 0 bridgehead atoms. The van der Waals surface area contributed by atoms with Crippen LogP contribution in [-0.2, 0) is 14.8 Å². The second kappa shape index (κ2) is 7.79. The number of hydrogen-bond donors (Lipinski definition) is 1. The average molecular weight is 340 g/mol. The normalized spacial score (nSPS) is 17.0. The summed E-state index contributed by atoms with van der Waals surface area (Å²) in [6.07, 6.45) is 1.27. The van der Waals surface area contributed by atoms with Crippen LogP contribution in [0.15, 0.2) is 24.3 Å². The van der Waals surface area contributed by atoms with Gasteiger partial charge in [-0.15, -0.1) is 0 Å². The second-order valence-electron chi connectivity index (χ2n) is 5.75. The van der Waals surface area contributed by atoms with Gasteiger partial charge in [-0.3, -0.25) is 4.79 Å². The Morgan fingerprint density at radius 1 is 1.35 bits per heavy atom. The number of benzene rings is 1. The van der Waals surface area contributed by atoms with Gasteiger partial charge in [0.05, 0.1) is 5.75 Å². The average Bonchev–Trinajstić information content (AvgIpc) is 2.53. The minimum atomic E-state index is -3.13. The van der Waals surface area contributed by atoms with Crippen molar-refractivity contribution in [3.63, 3.8) is 0 Å². The van der Waals surface area contributed by atoms with Gasteiger partial charge in [-0.1, -0.05) is 12.1 Å². The first kappa shape index (κ1) is 17.7. The standard InChI is InChI=1S/C16H24N2O4S/c1-3-23(20,21)18-9-7-14(8-10-18)17-16(19)12-22-15-6-4-5-13(2)11-15/h4-6,11,14H,3,7-10,12H2,1-2H3,(H,17,19). The fourth-order valence-corrected chi connectivity index (χ4v) is 3.72. The summed E-state index contributed by atoms with van der Waals surface area (Å²) in [5.41, 5.74) is 1.08. The lowest BCUT2D eigenvalue weighted by Crippen LogP contribution is -2.47. The van der Waals surface area contributed by atoms with Gasteiger partial charge in [-0.2, -0.15) is 0 Å². The van der Waals surface area contributed by atoms with Crippen LogP contribution in [0.25, 0.3) is 0 Å². The molecule has 128 valence electrons. The van der Waals surface area contributed by atoms with E-state index in [0.29, 0.717) is 31.7 Å². The fourth-order valence-electron chi connectivity index (χ4n) is 2.58. The quantitative estimate of drug-likeness (QED) is 0.847. The molecule has 1 saturated heterocycles. The molecule has 1 aromatic carbocycles. The zero-order valence-corrected chi connectivity index (χ0v) is 14.4. The Labute approximate surface area is 137 Å². The predicted molar refractivity (Wildman–Crippen MR) is 88.9 cm³/mol. The zero-order chi connectivity index (χ0) is 16.9. The van der Waals surface area contributed by atoms with Crippen LogP contribution in [-0.4, -0.2) is 50.1 Å². The Morgan fingerprint density at radius 3 is 2.65 bits per heavy atom. The van der Waals surface area contributed by atoms with Crippen LogP contribution >= 0.6 is 0 Å². The van der Waals surface area contributed by atoms with E-state index in [9.17, 15) is 13.2 Å². The Hall–Kier alpha value is -1.60. The molecule has 0 saturated carbocycles. The number of nitrogens with zero attached hydrogens (tertiary/aromatic N) is 1. The van der Waals surface area contributed by atoms with E-state index in [-0.39, 0.29) is 24.3 Å². The molecule has 1 aromatic rings. The summed E-state index contributed by atoms with van der Waals surface area (Å²) in [6.45, 7) is 4.49. The molecule has 0 aliphatic carbocycles. The molecule has 1 aliphatic rings. The van der Waals surface area contributed by atoms with Gasteiger partial charge in [-0.05, 0) is 44.4 Å². The van der Waals surface area contributed by atoms with Crippen molar-refractivity contribution in [3.05, 3.63) is 29.8 Å². The van der Waals surface area contributed by atoms with Crippen LogP contribution < -0.4 is 10.1 Å². The van der Waals surface area contributed by atoms with Gasteiger partial charge in [0.25, 0.3) is 5.91 Å². The summed E-state index contributed by atoms with van der Waals surface area (Å²) in [6, 6.07) is 7.54. The molecule has 1 fully saturated rings. The molecule has 23 heavy (non-hydrogen) atoms. The van der Waals surface area contributed by atoms with Crippen LogP contribution in [0.4, 0.5) is 0 Å². The third kappa shape index (κ3) is 5.21. The van der Waals surface area contributed by atoms with Crippen molar-refractivity contribution in [2.24, 2.45) is 0 Å². The number of sulfonamides is 1. The monoisotopic (exact) mass is 340 g/mol. The summed E-state index contributed by atoms with van der Waals surface area (Å²) in [7, 11) is -3.13. The van der Waals surface area contributed by atoms with Gasteiger partial charge in [0.2, 0.25) is 10.0 Å². The molecule has 1 aliphatic heterocycles. The first-order valence-corrected chi connectivity index (χ1v) is 9.48. The van der Waals surface area contributed by atoms with Gasteiger partial charge in [-0.25, -0.2) is 12.7 Å². The highest BCUT2D eigenvalue weighted by molar-refractivity contribution is 7.89. The summed E-state index contributed by atoms with van der Waals surface area (Å²) in [4.78, 5) is 11.9. The maximum Gasteiger partial charge on any atom is 0.258 e. The molecule has 1 N–H and O–H groups in total. The van der Waals surface area contributed by atoms with E-state index in [2.05, 4.69) is 5.32 Å². The number of hydrogen-bond acceptors (Lipinski definition) is 4. The van der Waals surface area contributed by atoms with Crippen LogP contribution in [0, 0.1) is 6.92 Å². The molecule has 0 aromatic heterocycles. The summed E-state index contributed by atoms with van der Waals surface area (Å²) >= 11 is 0. The molecule has 6 nitrogen and oxygen atoms in total. The zero-order valence-electron chi connectivity index (χ0n) is 13.6. The Kier molecular flexibility index (Phi) is 6.01. The summed E-state index contributed by atoms with van der Waals surface area (Å²) < 4.78 is 30.5.